The quantitative estimate of drug-likeness (QED) is 0.496. The van der Waals surface area contributed by atoms with E-state index in [1.54, 1.807) is 0 Å². The zero-order chi connectivity index (χ0) is 7.57. The van der Waals surface area contributed by atoms with Gasteiger partial charge in [-0.2, -0.15) is 0 Å². The van der Waals surface area contributed by atoms with Crippen molar-refractivity contribution in [1.82, 2.24) is 0 Å². The highest BCUT2D eigenvalue weighted by atomic mass is 16.7. The molecular weight excluding hydrogens is 140 g/mol. The summed E-state index contributed by atoms with van der Waals surface area (Å²) in [6, 6.07) is 0. The fraction of sp³-hybridized carbons (Fsp3) is 0.778. The summed E-state index contributed by atoms with van der Waals surface area (Å²) in [5.41, 5.74) is 0. The molecular formula is C9H14O2. The molecule has 1 saturated heterocycles. The first-order valence-electron chi connectivity index (χ1n) is 4.37. The molecule has 0 amide bonds. The zero-order valence-corrected chi connectivity index (χ0v) is 6.71. The van der Waals surface area contributed by atoms with Gasteiger partial charge in [-0.3, -0.25) is 0 Å². The van der Waals surface area contributed by atoms with Crippen LogP contribution in [0.25, 0.3) is 0 Å². The third-order valence-corrected chi connectivity index (χ3v) is 2.29. The van der Waals surface area contributed by atoms with Gasteiger partial charge in [0.25, 0.3) is 0 Å². The fourth-order valence-electron chi connectivity index (χ4n) is 1.69. The average molecular weight is 154 g/mol. The van der Waals surface area contributed by atoms with Crippen LogP contribution in [0.4, 0.5) is 0 Å². The van der Waals surface area contributed by atoms with Crippen LogP contribution in [-0.4, -0.2) is 19.0 Å². The summed E-state index contributed by atoms with van der Waals surface area (Å²) in [4.78, 5) is 0. The normalized spacial score (nSPS) is 29.1. The van der Waals surface area contributed by atoms with Gasteiger partial charge in [0.1, 0.15) is 0 Å². The molecule has 1 aliphatic carbocycles. The van der Waals surface area contributed by atoms with Crippen LogP contribution >= 0.6 is 0 Å². The van der Waals surface area contributed by atoms with Crippen molar-refractivity contribution in [2.75, 3.05) is 13.2 Å². The standard InChI is InChI=1S/C9H14O2/c1-2-4-6-9(5-3-1)10-7-8-11-9/h3,5H,1-2,4,6-8H2. The van der Waals surface area contributed by atoms with E-state index in [-0.39, 0.29) is 5.79 Å². The minimum absolute atomic E-state index is 0.323. The van der Waals surface area contributed by atoms with Crippen LogP contribution in [0.2, 0.25) is 0 Å². The molecule has 1 spiro atoms. The van der Waals surface area contributed by atoms with Crippen molar-refractivity contribution in [1.29, 1.82) is 0 Å². The second-order valence-corrected chi connectivity index (χ2v) is 3.16. The number of rotatable bonds is 0. The predicted octanol–water partition coefficient (Wildman–Crippen LogP) is 1.86. The lowest BCUT2D eigenvalue weighted by Gasteiger charge is -2.21. The van der Waals surface area contributed by atoms with Crippen molar-refractivity contribution >= 4 is 0 Å². The van der Waals surface area contributed by atoms with Crippen LogP contribution in [0, 0.1) is 0 Å². The van der Waals surface area contributed by atoms with Gasteiger partial charge < -0.3 is 9.47 Å². The van der Waals surface area contributed by atoms with Gasteiger partial charge in [-0.15, -0.1) is 0 Å². The van der Waals surface area contributed by atoms with Gasteiger partial charge in [0.05, 0.1) is 13.2 Å². The molecule has 0 saturated carbocycles. The first kappa shape index (κ1) is 7.32. The Labute approximate surface area is 67.2 Å². The van der Waals surface area contributed by atoms with Gasteiger partial charge in [0, 0.05) is 6.42 Å². The first-order valence-corrected chi connectivity index (χ1v) is 4.37. The molecule has 1 aliphatic heterocycles. The lowest BCUT2D eigenvalue weighted by atomic mass is 10.1. The number of hydrogen-bond donors (Lipinski definition) is 0. The van der Waals surface area contributed by atoms with Crippen molar-refractivity contribution in [3.63, 3.8) is 0 Å². The first-order chi connectivity index (χ1) is 5.41. The Morgan fingerprint density at radius 3 is 2.73 bits per heavy atom. The Morgan fingerprint density at radius 1 is 1.09 bits per heavy atom. The van der Waals surface area contributed by atoms with Crippen LogP contribution in [0.5, 0.6) is 0 Å². The molecule has 0 radical (unpaired) electrons. The highest BCUT2D eigenvalue weighted by Crippen LogP contribution is 2.29. The van der Waals surface area contributed by atoms with E-state index in [9.17, 15) is 0 Å². The number of ether oxygens (including phenoxy) is 2. The van der Waals surface area contributed by atoms with E-state index < -0.39 is 0 Å². The van der Waals surface area contributed by atoms with Crippen molar-refractivity contribution < 1.29 is 9.47 Å². The summed E-state index contributed by atoms with van der Waals surface area (Å²) in [5.74, 6) is -0.323. The van der Waals surface area contributed by atoms with E-state index in [0.29, 0.717) is 0 Å². The largest absolute Gasteiger partial charge is 0.344 e. The molecule has 0 atom stereocenters. The third kappa shape index (κ3) is 1.47. The summed E-state index contributed by atoms with van der Waals surface area (Å²) in [6.45, 7) is 1.51. The molecule has 0 unspecified atom stereocenters. The van der Waals surface area contributed by atoms with E-state index in [0.717, 1.165) is 19.6 Å². The summed E-state index contributed by atoms with van der Waals surface area (Å²) in [5, 5.41) is 0. The Balaban J connectivity index is 2.08. The van der Waals surface area contributed by atoms with E-state index >= 15 is 0 Å². The molecule has 2 aliphatic rings. The molecule has 0 aromatic rings. The van der Waals surface area contributed by atoms with Gasteiger partial charge in [-0.05, 0) is 25.3 Å². The van der Waals surface area contributed by atoms with E-state index in [2.05, 4.69) is 12.2 Å². The average Bonchev–Trinajstić information content (AvgIpc) is 2.32. The minimum Gasteiger partial charge on any atom is -0.344 e. The lowest BCUT2D eigenvalue weighted by Crippen LogP contribution is -2.26. The maximum absolute atomic E-state index is 5.55. The molecule has 2 heteroatoms. The molecule has 11 heavy (non-hydrogen) atoms. The van der Waals surface area contributed by atoms with Crippen LogP contribution in [-0.2, 0) is 9.47 Å². The van der Waals surface area contributed by atoms with Crippen LogP contribution < -0.4 is 0 Å². The Bertz CT molecular complexity index is 157. The summed E-state index contributed by atoms with van der Waals surface area (Å²) >= 11 is 0. The highest BCUT2D eigenvalue weighted by molar-refractivity contribution is 5.00. The van der Waals surface area contributed by atoms with Gasteiger partial charge in [-0.1, -0.05) is 6.08 Å². The fourth-order valence-corrected chi connectivity index (χ4v) is 1.69. The summed E-state index contributed by atoms with van der Waals surface area (Å²) < 4.78 is 11.1. The van der Waals surface area contributed by atoms with Gasteiger partial charge in [0.2, 0.25) is 0 Å². The van der Waals surface area contributed by atoms with Crippen LogP contribution in [0.1, 0.15) is 25.7 Å². The molecule has 62 valence electrons. The Kier molecular flexibility index (Phi) is 1.96. The van der Waals surface area contributed by atoms with Crippen molar-refractivity contribution in [2.45, 2.75) is 31.5 Å². The van der Waals surface area contributed by atoms with Crippen LogP contribution in [0.15, 0.2) is 12.2 Å². The number of allylic oxidation sites excluding steroid dienone is 1. The maximum Gasteiger partial charge on any atom is 0.187 e. The van der Waals surface area contributed by atoms with Gasteiger partial charge in [-0.25, -0.2) is 0 Å². The van der Waals surface area contributed by atoms with Gasteiger partial charge in [0.15, 0.2) is 5.79 Å². The molecule has 0 bridgehead atoms. The summed E-state index contributed by atoms with van der Waals surface area (Å²) in [7, 11) is 0. The van der Waals surface area contributed by atoms with Gasteiger partial charge >= 0.3 is 0 Å². The Morgan fingerprint density at radius 2 is 1.91 bits per heavy atom. The van der Waals surface area contributed by atoms with E-state index in [1.165, 1.54) is 19.3 Å². The molecule has 0 N–H and O–H groups in total. The lowest BCUT2D eigenvalue weighted by molar-refractivity contribution is -0.121. The molecule has 0 aromatic heterocycles. The Hall–Kier alpha value is -0.340. The molecule has 2 rings (SSSR count). The maximum atomic E-state index is 5.55. The topological polar surface area (TPSA) is 18.5 Å². The summed E-state index contributed by atoms with van der Waals surface area (Å²) in [6.07, 6.45) is 8.96. The highest BCUT2D eigenvalue weighted by Gasteiger charge is 2.33. The SMILES string of the molecule is C1=CC2(CCCC1)OCCO2. The van der Waals surface area contributed by atoms with E-state index in [4.69, 9.17) is 9.47 Å². The minimum atomic E-state index is -0.323. The monoisotopic (exact) mass is 154 g/mol. The second-order valence-electron chi connectivity index (χ2n) is 3.16. The second kappa shape index (κ2) is 2.95. The molecule has 0 aromatic carbocycles. The van der Waals surface area contributed by atoms with E-state index in [1.807, 2.05) is 0 Å². The molecule has 1 fully saturated rings. The predicted molar refractivity (Wildman–Crippen MR) is 42.2 cm³/mol. The smallest absolute Gasteiger partial charge is 0.187 e. The van der Waals surface area contributed by atoms with Crippen molar-refractivity contribution in [2.24, 2.45) is 0 Å². The van der Waals surface area contributed by atoms with Crippen molar-refractivity contribution in [3.8, 4) is 0 Å². The van der Waals surface area contributed by atoms with Crippen LogP contribution in [0.3, 0.4) is 0 Å². The number of hydrogen-bond acceptors (Lipinski definition) is 2. The van der Waals surface area contributed by atoms with Crippen molar-refractivity contribution in [3.05, 3.63) is 12.2 Å². The third-order valence-electron chi connectivity index (χ3n) is 2.29. The zero-order valence-electron chi connectivity index (χ0n) is 6.71. The molecule has 2 nitrogen and oxygen atoms in total. The molecule has 1 heterocycles.